The van der Waals surface area contributed by atoms with Crippen LogP contribution in [-0.2, 0) is 11.3 Å². The van der Waals surface area contributed by atoms with Crippen LogP contribution >= 0.6 is 0 Å². The third-order valence-corrected chi connectivity index (χ3v) is 6.80. The Labute approximate surface area is 191 Å². The molecule has 1 fully saturated rings. The Kier molecular flexibility index (Phi) is 5.66. The molecule has 2 aliphatic heterocycles. The van der Waals surface area contributed by atoms with Crippen molar-refractivity contribution in [2.24, 2.45) is 5.92 Å². The molecule has 1 aliphatic carbocycles. The molecule has 0 bridgehead atoms. The van der Waals surface area contributed by atoms with Gasteiger partial charge in [-0.2, -0.15) is 0 Å². The maximum absolute atomic E-state index is 14.3. The molecule has 33 heavy (non-hydrogen) atoms. The molecule has 1 aromatic heterocycles. The van der Waals surface area contributed by atoms with Crippen LogP contribution in [0.3, 0.4) is 0 Å². The van der Waals surface area contributed by atoms with Gasteiger partial charge in [-0.25, -0.2) is 4.39 Å². The highest BCUT2D eigenvalue weighted by Gasteiger charge is 2.40. The van der Waals surface area contributed by atoms with Crippen molar-refractivity contribution in [2.45, 2.75) is 44.4 Å². The van der Waals surface area contributed by atoms with E-state index in [4.69, 9.17) is 0 Å². The lowest BCUT2D eigenvalue weighted by Gasteiger charge is -2.32. The third kappa shape index (κ3) is 4.25. The van der Waals surface area contributed by atoms with E-state index in [2.05, 4.69) is 25.8 Å². The maximum Gasteiger partial charge on any atom is 0.249 e. The van der Waals surface area contributed by atoms with E-state index in [1.54, 1.807) is 18.3 Å². The fourth-order valence-electron chi connectivity index (χ4n) is 5.21. The van der Waals surface area contributed by atoms with Crippen molar-refractivity contribution in [1.82, 2.24) is 25.8 Å². The average molecular weight is 450 g/mol. The number of nitrogens with one attached hydrogen (secondary N) is 4. The SMILES string of the molecule is CN1C2=C(C=CNC2C(=O)NCc2cc(F)cc(-c3cc[nH]c(=O)c3)c2)NC1C1CCCC1. The second-order valence-corrected chi connectivity index (χ2v) is 8.98. The van der Waals surface area contributed by atoms with E-state index in [0.717, 1.165) is 11.4 Å². The average Bonchev–Trinajstić information content (AvgIpc) is 3.45. The molecule has 0 saturated heterocycles. The zero-order chi connectivity index (χ0) is 22.9. The predicted molar refractivity (Wildman–Crippen MR) is 124 cm³/mol. The number of amides is 1. The quantitative estimate of drug-likeness (QED) is 0.564. The van der Waals surface area contributed by atoms with E-state index >= 15 is 0 Å². The minimum Gasteiger partial charge on any atom is -0.375 e. The molecule has 3 heterocycles. The molecule has 1 saturated carbocycles. The lowest BCUT2D eigenvalue weighted by atomic mass is 10.0. The first-order valence-electron chi connectivity index (χ1n) is 11.4. The fourth-order valence-corrected chi connectivity index (χ4v) is 5.21. The van der Waals surface area contributed by atoms with E-state index in [0.29, 0.717) is 22.6 Å². The third-order valence-electron chi connectivity index (χ3n) is 6.80. The molecule has 0 spiro atoms. The Bertz CT molecular complexity index is 1180. The summed E-state index contributed by atoms with van der Waals surface area (Å²) in [6.07, 6.45) is 10.4. The maximum atomic E-state index is 14.3. The number of rotatable bonds is 5. The number of carbonyl (C=O) groups excluding carboxylic acids is 1. The zero-order valence-electron chi connectivity index (χ0n) is 18.5. The van der Waals surface area contributed by atoms with E-state index in [9.17, 15) is 14.0 Å². The van der Waals surface area contributed by atoms with Crippen LogP contribution in [0.25, 0.3) is 11.1 Å². The second-order valence-electron chi connectivity index (χ2n) is 8.98. The van der Waals surface area contributed by atoms with Gasteiger partial charge in [0.15, 0.2) is 0 Å². The molecule has 0 radical (unpaired) electrons. The van der Waals surface area contributed by atoms with E-state index in [1.165, 1.54) is 50.1 Å². The van der Waals surface area contributed by atoms with Crippen molar-refractivity contribution < 1.29 is 9.18 Å². The van der Waals surface area contributed by atoms with Crippen molar-refractivity contribution in [1.29, 1.82) is 0 Å². The summed E-state index contributed by atoms with van der Waals surface area (Å²) < 4.78 is 14.3. The zero-order valence-corrected chi connectivity index (χ0v) is 18.5. The lowest BCUT2D eigenvalue weighted by Crippen LogP contribution is -2.49. The smallest absolute Gasteiger partial charge is 0.249 e. The largest absolute Gasteiger partial charge is 0.375 e. The summed E-state index contributed by atoms with van der Waals surface area (Å²) in [6, 6.07) is 7.19. The topological polar surface area (TPSA) is 89.3 Å². The first kappa shape index (κ1) is 21.3. The standard InChI is InChI=1S/C25H28FN5O2/c1-31-23-20(30-24(31)16-4-2-3-5-16)7-9-28-22(23)25(33)29-14-15-10-18(12-19(26)11-15)17-6-8-27-21(32)13-17/h6-13,16,22,24,28,30H,2-5,14H2,1H3,(H,27,32)(H,29,33). The number of likely N-dealkylation sites (N-methyl/N-ethyl adjacent to an activating group) is 1. The van der Waals surface area contributed by atoms with Crippen molar-refractivity contribution in [2.75, 3.05) is 7.05 Å². The predicted octanol–water partition coefficient (Wildman–Crippen LogP) is 2.55. The Morgan fingerprint density at radius 3 is 2.79 bits per heavy atom. The molecule has 2 aromatic rings. The number of carbonyl (C=O) groups is 1. The molecule has 5 rings (SSSR count). The number of dihydropyridines is 1. The highest BCUT2D eigenvalue weighted by Crippen LogP contribution is 2.35. The van der Waals surface area contributed by atoms with Crippen molar-refractivity contribution >= 4 is 5.91 Å². The van der Waals surface area contributed by atoms with Crippen molar-refractivity contribution in [3.63, 3.8) is 0 Å². The molecule has 4 N–H and O–H groups in total. The van der Waals surface area contributed by atoms with Gasteiger partial charge in [-0.15, -0.1) is 0 Å². The molecule has 8 heteroatoms. The number of hydrogen-bond acceptors (Lipinski definition) is 5. The van der Waals surface area contributed by atoms with Gasteiger partial charge in [-0.1, -0.05) is 12.8 Å². The number of hydrogen-bond donors (Lipinski definition) is 4. The lowest BCUT2D eigenvalue weighted by molar-refractivity contribution is -0.122. The summed E-state index contributed by atoms with van der Waals surface area (Å²) in [4.78, 5) is 29.5. The normalized spacial score (nSPS) is 22.2. The highest BCUT2D eigenvalue weighted by atomic mass is 19.1. The van der Waals surface area contributed by atoms with Crippen molar-refractivity contribution in [3.05, 3.63) is 81.9 Å². The van der Waals surface area contributed by atoms with Gasteiger partial charge in [-0.05, 0) is 72.0 Å². The number of allylic oxidation sites excluding steroid dienone is 1. The monoisotopic (exact) mass is 449 g/mol. The minimum atomic E-state index is -0.519. The molecule has 2 unspecified atom stereocenters. The number of nitrogens with zero attached hydrogens (tertiary/aromatic N) is 1. The van der Waals surface area contributed by atoms with Gasteiger partial charge in [-0.3, -0.25) is 9.59 Å². The molecular formula is C25H28FN5O2. The molecule has 172 valence electrons. The minimum absolute atomic E-state index is 0.172. The van der Waals surface area contributed by atoms with E-state index in [-0.39, 0.29) is 24.2 Å². The van der Waals surface area contributed by atoms with Crippen LogP contribution < -0.4 is 21.5 Å². The van der Waals surface area contributed by atoms with Gasteiger partial charge in [0.1, 0.15) is 18.0 Å². The van der Waals surface area contributed by atoms with Crippen LogP contribution in [0.4, 0.5) is 4.39 Å². The molecular weight excluding hydrogens is 421 g/mol. The van der Waals surface area contributed by atoms with Gasteiger partial charge >= 0.3 is 0 Å². The van der Waals surface area contributed by atoms with Gasteiger partial charge in [0.05, 0.1) is 11.4 Å². The Balaban J connectivity index is 1.29. The second kappa shape index (κ2) is 8.77. The summed E-state index contributed by atoms with van der Waals surface area (Å²) in [5, 5.41) is 9.73. The Morgan fingerprint density at radius 2 is 2.00 bits per heavy atom. The van der Waals surface area contributed by atoms with Gasteiger partial charge < -0.3 is 25.8 Å². The summed E-state index contributed by atoms with van der Waals surface area (Å²) in [6.45, 7) is 0.181. The van der Waals surface area contributed by atoms with Crippen LogP contribution in [0.1, 0.15) is 31.2 Å². The molecule has 7 nitrogen and oxygen atoms in total. The fraction of sp³-hybridized carbons (Fsp3) is 0.360. The van der Waals surface area contributed by atoms with Gasteiger partial charge in [0.25, 0.3) is 0 Å². The summed E-state index contributed by atoms with van der Waals surface area (Å²) in [5.74, 6) is -0.0110. The van der Waals surface area contributed by atoms with Crippen LogP contribution in [0.15, 0.2) is 65.0 Å². The number of aromatic amines is 1. The van der Waals surface area contributed by atoms with Crippen molar-refractivity contribution in [3.8, 4) is 11.1 Å². The van der Waals surface area contributed by atoms with E-state index in [1.807, 2.05) is 13.1 Å². The molecule has 1 aromatic carbocycles. The van der Waals surface area contributed by atoms with Crippen LogP contribution in [0, 0.1) is 11.7 Å². The first-order valence-corrected chi connectivity index (χ1v) is 11.4. The van der Waals surface area contributed by atoms with Crippen LogP contribution in [-0.4, -0.2) is 35.0 Å². The summed E-state index contributed by atoms with van der Waals surface area (Å²) in [5.41, 5.74) is 3.51. The van der Waals surface area contributed by atoms with E-state index < -0.39 is 11.9 Å². The summed E-state index contributed by atoms with van der Waals surface area (Å²) >= 11 is 0. The van der Waals surface area contributed by atoms with Crippen LogP contribution in [0.5, 0.6) is 0 Å². The number of halogens is 1. The molecule has 2 atom stereocenters. The van der Waals surface area contributed by atoms with Crippen LogP contribution in [0.2, 0.25) is 0 Å². The first-order chi connectivity index (χ1) is 16.0. The number of aromatic nitrogens is 1. The van der Waals surface area contributed by atoms with Gasteiger partial charge in [0.2, 0.25) is 11.5 Å². The Hall–Kier alpha value is -3.55. The number of benzene rings is 1. The highest BCUT2D eigenvalue weighted by molar-refractivity contribution is 5.86. The Morgan fingerprint density at radius 1 is 1.18 bits per heavy atom. The van der Waals surface area contributed by atoms with Gasteiger partial charge in [0, 0.05) is 25.9 Å². The summed E-state index contributed by atoms with van der Waals surface area (Å²) in [7, 11) is 2.04. The number of H-pyrrole nitrogens is 1. The molecule has 3 aliphatic rings. The number of pyridine rings is 1. The molecule has 1 amide bonds.